The normalized spacial score (nSPS) is 16.2. The number of carbonyl (C=O) groups excluding carboxylic acids is 4. The Morgan fingerprint density at radius 1 is 0.357 bits per heavy atom. The first kappa shape index (κ1) is 100. The summed E-state index contributed by atoms with van der Waals surface area (Å²) in [4.78, 5) is 79.0. The van der Waals surface area contributed by atoms with E-state index in [2.05, 4.69) is 77.4 Å². The summed E-state index contributed by atoms with van der Waals surface area (Å²) in [7, 11) is 11.4. The number of amides is 5. The number of aromatic nitrogens is 12. The van der Waals surface area contributed by atoms with Crippen molar-refractivity contribution in [3.8, 4) is 85.3 Å². The molecule has 4 saturated heterocycles. The van der Waals surface area contributed by atoms with Gasteiger partial charge in [0.2, 0.25) is 17.7 Å². The van der Waals surface area contributed by atoms with Gasteiger partial charge in [-0.2, -0.15) is 20.4 Å². The number of aryl methyl sites for hydroxylation is 8. The van der Waals surface area contributed by atoms with Gasteiger partial charge in [-0.1, -0.05) is 87.6 Å². The molecular formula is C107H130ClN21O11. The molecule has 4 atom stereocenters. The topological polar surface area (TPSA) is 327 Å². The second-order valence-electron chi connectivity index (χ2n) is 36.5. The van der Waals surface area contributed by atoms with E-state index in [1.54, 1.807) is 49.8 Å². The van der Waals surface area contributed by atoms with E-state index in [4.69, 9.17) is 73.5 Å². The van der Waals surface area contributed by atoms with Crippen LogP contribution in [-0.4, -0.2) is 208 Å². The maximum absolute atomic E-state index is 12.7. The van der Waals surface area contributed by atoms with Gasteiger partial charge in [0.15, 0.2) is 57.1 Å². The molecule has 19 rings (SSSR count). The number of para-hydroxylation sites is 1. The number of halogens is 1. The zero-order chi connectivity index (χ0) is 97.7. The Balaban J connectivity index is 0.000000141. The summed E-state index contributed by atoms with van der Waals surface area (Å²) in [5, 5.41) is 34.9. The van der Waals surface area contributed by atoms with Crippen molar-refractivity contribution >= 4 is 87.2 Å². The number of nitrogens with one attached hydrogen (secondary N) is 5. The number of methoxy groups -OCH3 is 7. The van der Waals surface area contributed by atoms with E-state index in [1.165, 1.54) is 19.3 Å². The Morgan fingerprint density at radius 2 is 0.700 bits per heavy atom. The number of carbonyl (C=O) groups is 4. The monoisotopic (exact) mass is 1920 g/mol. The van der Waals surface area contributed by atoms with E-state index in [0.717, 1.165) is 257 Å². The van der Waals surface area contributed by atoms with Crippen LogP contribution in [0.1, 0.15) is 142 Å². The molecule has 0 bridgehead atoms. The molecule has 32 nitrogen and oxygen atoms in total. The highest BCUT2D eigenvalue weighted by atomic mass is 35.5. The first-order valence-electron chi connectivity index (χ1n) is 48.3. The van der Waals surface area contributed by atoms with Crippen LogP contribution in [0.3, 0.4) is 0 Å². The predicted molar refractivity (Wildman–Crippen MR) is 551 cm³/mol. The van der Waals surface area contributed by atoms with Gasteiger partial charge in [-0.15, -0.1) is 12.4 Å². The van der Waals surface area contributed by atoms with Crippen LogP contribution in [0, 0.1) is 61.3 Å². The van der Waals surface area contributed by atoms with Gasteiger partial charge in [0.1, 0.15) is 5.75 Å². The van der Waals surface area contributed by atoms with Crippen LogP contribution in [0.5, 0.6) is 40.2 Å². The highest BCUT2D eigenvalue weighted by molar-refractivity contribution is 5.90. The minimum absolute atomic E-state index is 0. The number of ether oxygens (including phenoxy) is 7. The number of imidazole rings is 4. The van der Waals surface area contributed by atoms with Gasteiger partial charge < -0.3 is 79.3 Å². The first-order valence-corrected chi connectivity index (χ1v) is 48.3. The fourth-order valence-electron chi connectivity index (χ4n) is 19.7. The maximum atomic E-state index is 12.7. The van der Waals surface area contributed by atoms with Gasteiger partial charge in [-0.05, 0) is 221 Å². The Bertz CT molecular complexity index is 6510. The van der Waals surface area contributed by atoms with Gasteiger partial charge in [-0.3, -0.25) is 14.4 Å². The number of hydrogen-bond acceptors (Lipinski definition) is 23. The standard InChI is InChI=1S/C28H31N5O3.C27H30N6O3.C26H35N5O3.C26H33N5O2.ClH/c1-18-14-23(32-13-12-22(17-32)30-26(34)15-20-8-6-5-7-9-20)28-29-19(2)27(33(28)31-18)21-10-11-24(35-3)25(16-21)36-4;1-17-14-22(32-13-12-21(16-32)30-27(34)29-20-8-6-5-7-9-20)26-28-18(2)25(33(26)31-17)19-10-11-23(35-3)24(15-19)36-4;1-6-7-8-9-24(32)28-20-12-13-30(16-20)21-14-17(2)29-31-25(18(3)27-26(21)31)19-10-11-22(33-4)23(15-19)34-5;1-17-15-23(30-14-13-21(16-30)28-26(32)20-7-5-4-6-8-20)25-27-18(2)24(31(25)29-17)19-9-11-22(33-3)12-10-19;/h5-11,14,16,22H,12-13,15,17H2,1-4H3,(H,30,34);5-11,14-15,21H,12-13,16H2,1-4H3,(H2,29,30,34);10-11,14-15,20H,6-9,12-13,16H2,1-5H3,(H,28,32);9-12,15,20-21H,4-8,13-14,16H2,1-3H3,(H,28,32);1H/t22-;21-;20-;21-;/m1111./s1. The molecule has 140 heavy (non-hydrogen) atoms. The summed E-state index contributed by atoms with van der Waals surface area (Å²) < 4.78 is 45.8. The first-order chi connectivity index (χ1) is 67.4. The van der Waals surface area contributed by atoms with Crippen LogP contribution in [0.2, 0.25) is 0 Å². The molecule has 0 spiro atoms. The summed E-state index contributed by atoms with van der Waals surface area (Å²) in [6.07, 6.45) is 13.5. The molecule has 12 heterocycles. The molecule has 1 aliphatic carbocycles. The van der Waals surface area contributed by atoms with Gasteiger partial charge in [-0.25, -0.2) is 42.8 Å². The summed E-state index contributed by atoms with van der Waals surface area (Å²) in [5.41, 5.74) is 24.1. The summed E-state index contributed by atoms with van der Waals surface area (Å²) in [6, 6.07) is 53.4. The van der Waals surface area contributed by atoms with Crippen molar-refractivity contribution in [2.24, 2.45) is 5.92 Å². The van der Waals surface area contributed by atoms with Crippen LogP contribution in [0.4, 0.5) is 33.2 Å². The van der Waals surface area contributed by atoms with Gasteiger partial charge in [0, 0.05) is 117 Å². The Hall–Kier alpha value is -14.4. The number of anilines is 5. The molecule has 14 aromatic rings. The van der Waals surface area contributed by atoms with E-state index in [0.29, 0.717) is 53.9 Å². The number of rotatable bonds is 27. The SMILES string of the molecule is CCCCCC(=O)N[C@@H]1CCN(c2cc(C)nn3c(-c4ccc(OC)c(OC)c4)c(C)nc23)C1.COc1ccc(-c2c(C)nc3c(N4CC[C@@H](NC(=O)C5CCCCC5)C4)cc(C)nn23)cc1.COc1ccc(-c2c(C)nc3c(N4CC[C@@H](NC(=O)Cc5ccccc5)C4)cc(C)nn23)cc1OC.COc1ccc(-c2c(C)nc3c(N4CC[C@@H](NC(=O)Nc5ccccc5)C4)cc(C)nn23)cc1OC.Cl. The number of benzene rings is 6. The molecule has 8 aromatic heterocycles. The number of fused-ring (bicyclic) bond motifs is 4. The molecule has 5 amide bonds. The van der Waals surface area contributed by atoms with Crippen molar-refractivity contribution in [2.75, 3.05) is 127 Å². The maximum Gasteiger partial charge on any atom is 0.319 e. The molecule has 0 unspecified atom stereocenters. The molecular weight excluding hydrogens is 1790 g/mol. The molecule has 5 aliphatic rings. The molecule has 736 valence electrons. The fraction of sp³-hybridized carbons (Fsp3) is 0.402. The lowest BCUT2D eigenvalue weighted by Gasteiger charge is -2.24. The van der Waals surface area contributed by atoms with E-state index in [1.807, 2.05) is 213 Å². The molecule has 1 saturated carbocycles. The van der Waals surface area contributed by atoms with Crippen LogP contribution < -0.4 is 79.3 Å². The molecule has 4 aliphatic heterocycles. The summed E-state index contributed by atoms with van der Waals surface area (Å²) >= 11 is 0. The largest absolute Gasteiger partial charge is 0.497 e. The highest BCUT2D eigenvalue weighted by Gasteiger charge is 2.35. The zero-order valence-electron chi connectivity index (χ0n) is 83.1. The third kappa shape index (κ3) is 22.8. The Kier molecular flexibility index (Phi) is 32.5. The van der Waals surface area contributed by atoms with Crippen molar-refractivity contribution in [1.82, 2.24) is 79.7 Å². The van der Waals surface area contributed by atoms with Gasteiger partial charge in [0.25, 0.3) is 0 Å². The highest BCUT2D eigenvalue weighted by Crippen LogP contribution is 2.42. The van der Waals surface area contributed by atoms with E-state index in [9.17, 15) is 19.2 Å². The van der Waals surface area contributed by atoms with E-state index in [-0.39, 0.29) is 66.2 Å². The summed E-state index contributed by atoms with van der Waals surface area (Å²) in [5.74, 6) is 5.49. The van der Waals surface area contributed by atoms with E-state index >= 15 is 0 Å². The van der Waals surface area contributed by atoms with Crippen LogP contribution >= 0.6 is 12.4 Å². The van der Waals surface area contributed by atoms with Crippen LogP contribution in [0.25, 0.3) is 67.6 Å². The van der Waals surface area contributed by atoms with Gasteiger partial charge >= 0.3 is 6.03 Å². The molecule has 6 aromatic carbocycles. The fourth-order valence-corrected chi connectivity index (χ4v) is 19.7. The average molecular weight is 1920 g/mol. The van der Waals surface area contributed by atoms with Crippen molar-refractivity contribution in [3.05, 3.63) is 215 Å². The lowest BCUT2D eigenvalue weighted by atomic mass is 9.88. The molecule has 5 N–H and O–H groups in total. The predicted octanol–water partition coefficient (Wildman–Crippen LogP) is 17.4. The lowest BCUT2D eigenvalue weighted by molar-refractivity contribution is -0.126. The second-order valence-corrected chi connectivity index (χ2v) is 36.5. The molecule has 5 fully saturated rings. The lowest BCUT2D eigenvalue weighted by Crippen LogP contribution is -2.41. The minimum Gasteiger partial charge on any atom is -0.497 e. The van der Waals surface area contributed by atoms with Gasteiger partial charge in [0.05, 0.1) is 147 Å². The Morgan fingerprint density at radius 3 is 1.06 bits per heavy atom. The number of nitrogens with zero attached hydrogens (tertiary/aromatic N) is 16. The van der Waals surface area contributed by atoms with E-state index < -0.39 is 0 Å². The molecule has 33 heteroatoms. The van der Waals surface area contributed by atoms with Crippen LogP contribution in [0.15, 0.2) is 164 Å². The third-order valence-corrected chi connectivity index (χ3v) is 26.5. The zero-order valence-corrected chi connectivity index (χ0v) is 83.9. The second kappa shape index (κ2) is 45.5. The third-order valence-electron chi connectivity index (χ3n) is 26.5. The van der Waals surface area contributed by atoms with Crippen molar-refractivity contribution in [3.63, 3.8) is 0 Å². The average Bonchev–Trinajstić information content (AvgIpc) is 1.62. The van der Waals surface area contributed by atoms with Crippen LogP contribution in [-0.2, 0) is 20.8 Å². The number of unbranched alkanes of at least 4 members (excludes halogenated alkanes) is 2. The van der Waals surface area contributed by atoms with Crippen molar-refractivity contribution in [1.29, 1.82) is 0 Å². The minimum atomic E-state index is -0.198. The Labute approximate surface area is 824 Å². The number of urea groups is 1. The quantitative estimate of drug-likeness (QED) is 0.0299. The number of hydrogen-bond donors (Lipinski definition) is 5. The van der Waals surface area contributed by atoms with Crippen molar-refractivity contribution < 1.29 is 52.3 Å². The molecule has 0 radical (unpaired) electrons. The van der Waals surface area contributed by atoms with Crippen molar-refractivity contribution in [2.45, 2.75) is 176 Å². The summed E-state index contributed by atoms with van der Waals surface area (Å²) in [6.45, 7) is 24.6. The smallest absolute Gasteiger partial charge is 0.319 e.